The molecule has 1 N–H and O–H groups in total. The van der Waals surface area contributed by atoms with E-state index < -0.39 is 0 Å². The number of carbonyl (C=O) groups excluding carboxylic acids is 1. The molecule has 1 aliphatic rings. The first kappa shape index (κ1) is 19.2. The topological polar surface area (TPSA) is 89.7 Å². The van der Waals surface area contributed by atoms with Gasteiger partial charge in [0.2, 0.25) is 11.8 Å². The molecule has 27 heavy (non-hydrogen) atoms. The molecule has 0 saturated carbocycles. The highest BCUT2D eigenvalue weighted by Gasteiger charge is 2.32. The van der Waals surface area contributed by atoms with Crippen LogP contribution in [0, 0.1) is 0 Å². The van der Waals surface area contributed by atoms with Crippen molar-refractivity contribution in [3.8, 4) is 11.5 Å². The Morgan fingerprint density at radius 3 is 2.59 bits per heavy atom. The Morgan fingerprint density at radius 2 is 2.00 bits per heavy atom. The number of aromatic nitrogens is 2. The van der Waals surface area contributed by atoms with Crippen LogP contribution in [0.25, 0.3) is 0 Å². The van der Waals surface area contributed by atoms with Crippen molar-refractivity contribution in [3.05, 3.63) is 29.9 Å². The highest BCUT2D eigenvalue weighted by molar-refractivity contribution is 5.92. The van der Waals surface area contributed by atoms with Crippen molar-refractivity contribution in [1.29, 1.82) is 0 Å². The lowest BCUT2D eigenvalue weighted by Crippen LogP contribution is -2.33. The minimum absolute atomic E-state index is 0.0180. The minimum atomic E-state index is -0.110. The molecule has 8 nitrogen and oxygen atoms in total. The van der Waals surface area contributed by atoms with Gasteiger partial charge in [0.25, 0.3) is 0 Å². The van der Waals surface area contributed by atoms with Gasteiger partial charge in [-0.05, 0) is 19.4 Å². The van der Waals surface area contributed by atoms with E-state index in [-0.39, 0.29) is 24.4 Å². The fraction of sp³-hybridized carbons (Fsp3) is 0.526. The second-order valence-corrected chi connectivity index (χ2v) is 6.92. The molecule has 0 unspecified atom stereocenters. The number of hydrogen-bond donors (Lipinski definition) is 1. The Bertz CT molecular complexity index is 768. The number of nitrogens with zero attached hydrogens (tertiary/aromatic N) is 3. The van der Waals surface area contributed by atoms with Crippen molar-refractivity contribution >= 4 is 11.6 Å². The monoisotopic (exact) mass is 374 g/mol. The summed E-state index contributed by atoms with van der Waals surface area (Å²) in [5, 5.41) is 6.95. The smallest absolute Gasteiger partial charge is 0.244 e. The van der Waals surface area contributed by atoms with Gasteiger partial charge in [-0.1, -0.05) is 19.0 Å². The van der Waals surface area contributed by atoms with Gasteiger partial charge in [0.05, 0.1) is 26.8 Å². The van der Waals surface area contributed by atoms with Crippen LogP contribution in [-0.2, 0) is 4.79 Å². The number of methoxy groups -OCH3 is 2. The van der Waals surface area contributed by atoms with Crippen LogP contribution in [0.1, 0.15) is 50.4 Å². The molecule has 0 aliphatic carbocycles. The van der Waals surface area contributed by atoms with E-state index in [9.17, 15) is 4.79 Å². The second kappa shape index (κ2) is 8.39. The van der Waals surface area contributed by atoms with Crippen molar-refractivity contribution in [2.45, 2.75) is 38.6 Å². The number of likely N-dealkylation sites (tertiary alicyclic amines) is 1. The molecule has 146 valence electrons. The normalized spacial score (nSPS) is 17.3. The summed E-state index contributed by atoms with van der Waals surface area (Å²) in [5.41, 5.74) is 0.631. The maximum atomic E-state index is 12.6. The van der Waals surface area contributed by atoms with Gasteiger partial charge < -0.3 is 19.3 Å². The molecule has 1 fully saturated rings. The molecule has 1 atom stereocenters. The summed E-state index contributed by atoms with van der Waals surface area (Å²) < 4.78 is 15.9. The summed E-state index contributed by atoms with van der Waals surface area (Å²) in [5.74, 6) is 2.63. The van der Waals surface area contributed by atoms with Gasteiger partial charge >= 0.3 is 0 Å². The van der Waals surface area contributed by atoms with Crippen molar-refractivity contribution < 1.29 is 18.8 Å². The van der Waals surface area contributed by atoms with Gasteiger partial charge in [-0.2, -0.15) is 4.98 Å². The van der Waals surface area contributed by atoms with Crippen molar-refractivity contribution in [2.24, 2.45) is 0 Å². The Morgan fingerprint density at radius 1 is 1.30 bits per heavy atom. The predicted molar refractivity (Wildman–Crippen MR) is 100 cm³/mol. The number of amides is 1. The van der Waals surface area contributed by atoms with Gasteiger partial charge in [0.1, 0.15) is 11.5 Å². The molecule has 1 amide bonds. The molecule has 3 rings (SSSR count). The third kappa shape index (κ3) is 4.57. The lowest BCUT2D eigenvalue weighted by Gasteiger charge is -2.21. The zero-order valence-electron chi connectivity index (χ0n) is 16.2. The number of hydrogen-bond acceptors (Lipinski definition) is 7. The molecule has 1 aliphatic heterocycles. The summed E-state index contributed by atoms with van der Waals surface area (Å²) in [6.45, 7) is 5.12. The van der Waals surface area contributed by atoms with Crippen LogP contribution in [0.5, 0.6) is 11.5 Å². The van der Waals surface area contributed by atoms with Crippen LogP contribution in [0.3, 0.4) is 0 Å². The molecule has 1 aromatic heterocycles. The molecule has 0 spiro atoms. The van der Waals surface area contributed by atoms with Crippen LogP contribution in [-0.4, -0.2) is 48.3 Å². The first-order valence-corrected chi connectivity index (χ1v) is 9.10. The third-order valence-corrected chi connectivity index (χ3v) is 4.60. The minimum Gasteiger partial charge on any atom is -0.497 e. The number of anilines is 1. The maximum absolute atomic E-state index is 12.6. The van der Waals surface area contributed by atoms with E-state index in [1.54, 1.807) is 32.4 Å². The van der Waals surface area contributed by atoms with E-state index in [0.29, 0.717) is 28.9 Å². The second-order valence-electron chi connectivity index (χ2n) is 6.92. The summed E-state index contributed by atoms with van der Waals surface area (Å²) in [4.78, 5) is 19.1. The van der Waals surface area contributed by atoms with E-state index in [1.165, 1.54) is 0 Å². The number of rotatable bonds is 7. The van der Waals surface area contributed by atoms with Crippen LogP contribution in [0.15, 0.2) is 22.7 Å². The average molecular weight is 374 g/mol. The quantitative estimate of drug-likeness (QED) is 0.797. The molecule has 1 aromatic carbocycles. The number of benzene rings is 1. The average Bonchev–Trinajstić information content (AvgIpc) is 3.30. The van der Waals surface area contributed by atoms with Crippen LogP contribution in [0.4, 0.5) is 5.69 Å². The predicted octanol–water partition coefficient (Wildman–Crippen LogP) is 2.99. The summed E-state index contributed by atoms with van der Waals surface area (Å²) in [6.07, 6.45) is 1.89. The first-order valence-electron chi connectivity index (χ1n) is 9.10. The Labute approximate surface area is 158 Å². The molecule has 2 heterocycles. The molecule has 8 heteroatoms. The van der Waals surface area contributed by atoms with Gasteiger partial charge in [0.15, 0.2) is 5.82 Å². The number of ether oxygens (including phenoxy) is 2. The Hall–Kier alpha value is -2.61. The lowest BCUT2D eigenvalue weighted by molar-refractivity contribution is -0.117. The molecule has 2 aromatic rings. The fourth-order valence-corrected chi connectivity index (χ4v) is 3.18. The Balaban J connectivity index is 1.66. The van der Waals surface area contributed by atoms with E-state index in [0.717, 1.165) is 19.4 Å². The number of nitrogens with one attached hydrogen (secondary N) is 1. The standard InChI is InChI=1S/C19H26N4O4/c1-12(2)18-21-19(27-22-18)16-6-5-7-23(16)11-17(24)20-13-8-14(25-3)10-15(9-13)26-4/h8-10,12,16H,5-7,11H2,1-4H3,(H,20,24)/t16-/m1/s1. The van der Waals surface area contributed by atoms with Crippen LogP contribution in [0.2, 0.25) is 0 Å². The highest BCUT2D eigenvalue weighted by Crippen LogP contribution is 2.31. The lowest BCUT2D eigenvalue weighted by atomic mass is 10.2. The summed E-state index contributed by atoms with van der Waals surface area (Å²) in [6, 6.07) is 5.26. The first-order chi connectivity index (χ1) is 13.0. The maximum Gasteiger partial charge on any atom is 0.244 e. The Kier molecular flexibility index (Phi) is 5.95. The van der Waals surface area contributed by atoms with E-state index in [2.05, 4.69) is 20.4 Å². The highest BCUT2D eigenvalue weighted by atomic mass is 16.5. The van der Waals surface area contributed by atoms with Crippen LogP contribution < -0.4 is 14.8 Å². The molecular weight excluding hydrogens is 348 g/mol. The zero-order valence-corrected chi connectivity index (χ0v) is 16.2. The van der Waals surface area contributed by atoms with Crippen molar-refractivity contribution in [3.63, 3.8) is 0 Å². The van der Waals surface area contributed by atoms with Gasteiger partial charge in [-0.15, -0.1) is 0 Å². The van der Waals surface area contributed by atoms with Crippen molar-refractivity contribution in [1.82, 2.24) is 15.0 Å². The van der Waals surface area contributed by atoms with Crippen LogP contribution >= 0.6 is 0 Å². The number of carbonyl (C=O) groups is 1. The van der Waals surface area contributed by atoms with E-state index in [4.69, 9.17) is 14.0 Å². The largest absolute Gasteiger partial charge is 0.497 e. The fourth-order valence-electron chi connectivity index (χ4n) is 3.18. The van der Waals surface area contributed by atoms with E-state index >= 15 is 0 Å². The molecule has 0 radical (unpaired) electrons. The van der Waals surface area contributed by atoms with Crippen molar-refractivity contribution in [2.75, 3.05) is 32.6 Å². The molecule has 1 saturated heterocycles. The third-order valence-electron chi connectivity index (χ3n) is 4.60. The van der Waals surface area contributed by atoms with Gasteiger partial charge in [-0.3, -0.25) is 9.69 Å². The van der Waals surface area contributed by atoms with E-state index in [1.807, 2.05) is 13.8 Å². The molecule has 0 bridgehead atoms. The summed E-state index contributed by atoms with van der Waals surface area (Å²) in [7, 11) is 3.15. The molecular formula is C19H26N4O4. The van der Waals surface area contributed by atoms with Gasteiger partial charge in [-0.25, -0.2) is 0 Å². The SMILES string of the molecule is COc1cc(NC(=O)CN2CCC[C@@H]2c2nc(C(C)C)no2)cc(OC)c1. The summed E-state index contributed by atoms with van der Waals surface area (Å²) >= 11 is 0. The van der Waals surface area contributed by atoms with Gasteiger partial charge in [0, 0.05) is 29.8 Å². The zero-order chi connectivity index (χ0) is 19.4.